The van der Waals surface area contributed by atoms with Gasteiger partial charge in [0.2, 0.25) is 11.8 Å². The molecule has 1 atom stereocenters. The molecular formula is C48H91NO6. The van der Waals surface area contributed by atoms with Gasteiger partial charge in [0, 0.05) is 12.8 Å². The predicted molar refractivity (Wildman–Crippen MR) is 232 cm³/mol. The van der Waals surface area contributed by atoms with Crippen molar-refractivity contribution in [1.82, 2.24) is 4.90 Å². The molecule has 7 heteroatoms. The Labute approximate surface area is 340 Å². The number of carbonyl (C=O) groups excluding carboxylic acids is 2. The normalized spacial score (nSPS) is 11.9. The highest BCUT2D eigenvalue weighted by Crippen LogP contribution is 2.19. The van der Waals surface area contributed by atoms with E-state index in [1.54, 1.807) is 0 Å². The van der Waals surface area contributed by atoms with E-state index in [-0.39, 0.29) is 12.8 Å². The molecule has 0 aromatic carbocycles. The molecule has 7 nitrogen and oxygen atoms in total. The number of imide groups is 1. The maximum absolute atomic E-state index is 13.1. The lowest BCUT2D eigenvalue weighted by molar-refractivity contribution is -0.160. The first-order valence-electron chi connectivity index (χ1n) is 24.1. The fraction of sp³-hybridized carbons (Fsp3) is 0.917. The number of unbranched alkanes of at least 4 members (excludes halogenated alkanes) is 36. The molecule has 55 heavy (non-hydrogen) atoms. The van der Waals surface area contributed by atoms with Crippen LogP contribution in [0.3, 0.4) is 0 Å². The van der Waals surface area contributed by atoms with Crippen molar-refractivity contribution in [3.8, 4) is 0 Å². The zero-order valence-corrected chi connectivity index (χ0v) is 36.5. The number of rotatable bonds is 44. The van der Waals surface area contributed by atoms with E-state index in [2.05, 4.69) is 13.8 Å². The summed E-state index contributed by atoms with van der Waals surface area (Å²) in [6, 6.07) is -1.65. The van der Waals surface area contributed by atoms with Gasteiger partial charge in [-0.15, -0.1) is 0 Å². The van der Waals surface area contributed by atoms with Crippen LogP contribution in [0.25, 0.3) is 0 Å². The van der Waals surface area contributed by atoms with Crippen LogP contribution >= 0.6 is 0 Å². The van der Waals surface area contributed by atoms with Crippen LogP contribution in [0.5, 0.6) is 0 Å². The summed E-state index contributed by atoms with van der Waals surface area (Å²) in [5.41, 5.74) is 0. The Morgan fingerprint density at radius 2 is 0.545 bits per heavy atom. The van der Waals surface area contributed by atoms with Crippen LogP contribution in [-0.4, -0.2) is 44.9 Å². The second-order valence-corrected chi connectivity index (χ2v) is 16.8. The van der Waals surface area contributed by atoms with E-state index < -0.39 is 36.2 Å². The molecule has 2 amide bonds. The zero-order chi connectivity index (χ0) is 40.5. The van der Waals surface area contributed by atoms with Crippen molar-refractivity contribution in [1.29, 1.82) is 0 Å². The number of carboxylic acid groups (broad SMARTS) is 2. The van der Waals surface area contributed by atoms with Crippen LogP contribution in [0, 0.1) is 0 Å². The summed E-state index contributed by atoms with van der Waals surface area (Å²) in [6.45, 7) is 4.54. The third-order valence-corrected chi connectivity index (χ3v) is 11.5. The smallest absolute Gasteiger partial charge is 0.327 e. The lowest BCUT2D eigenvalue weighted by Gasteiger charge is -2.26. The third kappa shape index (κ3) is 36.2. The lowest BCUT2D eigenvalue weighted by atomic mass is 10.0. The highest BCUT2D eigenvalue weighted by Gasteiger charge is 2.35. The molecule has 0 rings (SSSR count). The van der Waals surface area contributed by atoms with E-state index in [1.165, 1.54) is 193 Å². The standard InChI is InChI=1S/C48H91NO6/c1-3-5-7-9-11-13-15-17-19-21-23-25-27-29-31-33-35-37-39-41-45(50)49(44(48(54)55)43-47(52)53)46(51)42-40-38-36-34-32-30-28-26-24-22-20-18-16-14-12-10-8-6-4-2/h44H,3-43H2,1-2H3,(H,52,53)(H,54,55)/t44-/m0/s1. The van der Waals surface area contributed by atoms with E-state index in [9.17, 15) is 29.4 Å². The van der Waals surface area contributed by atoms with Crippen LogP contribution < -0.4 is 0 Å². The molecule has 0 bridgehead atoms. The monoisotopic (exact) mass is 778 g/mol. The number of hydrogen-bond acceptors (Lipinski definition) is 4. The minimum atomic E-state index is -1.65. The number of carbonyl (C=O) groups is 4. The summed E-state index contributed by atoms with van der Waals surface area (Å²) in [7, 11) is 0. The fourth-order valence-electron chi connectivity index (χ4n) is 7.89. The molecular weight excluding hydrogens is 687 g/mol. The van der Waals surface area contributed by atoms with Crippen LogP contribution in [0.15, 0.2) is 0 Å². The van der Waals surface area contributed by atoms with Crippen molar-refractivity contribution in [3.63, 3.8) is 0 Å². The second-order valence-electron chi connectivity index (χ2n) is 16.8. The summed E-state index contributed by atoms with van der Waals surface area (Å²) >= 11 is 0. The van der Waals surface area contributed by atoms with Crippen molar-refractivity contribution in [3.05, 3.63) is 0 Å². The average molecular weight is 778 g/mol. The largest absolute Gasteiger partial charge is 0.481 e. The maximum atomic E-state index is 13.1. The Kier molecular flexibility index (Phi) is 40.3. The van der Waals surface area contributed by atoms with Gasteiger partial charge in [-0.2, -0.15) is 0 Å². The minimum Gasteiger partial charge on any atom is -0.481 e. The van der Waals surface area contributed by atoms with Crippen LogP contribution in [0.2, 0.25) is 0 Å². The van der Waals surface area contributed by atoms with E-state index in [4.69, 9.17) is 0 Å². The van der Waals surface area contributed by atoms with Crippen molar-refractivity contribution < 1.29 is 29.4 Å². The van der Waals surface area contributed by atoms with Gasteiger partial charge in [0.15, 0.2) is 0 Å². The SMILES string of the molecule is CCCCCCCCCCCCCCCCCCCCCC(=O)N(C(=O)CCCCCCCCCCCCCCCCCCCCC)[C@@H](CC(=O)O)C(=O)O. The number of carboxylic acids is 2. The number of hydrogen-bond donors (Lipinski definition) is 2. The van der Waals surface area contributed by atoms with Crippen molar-refractivity contribution in [2.75, 3.05) is 0 Å². The topological polar surface area (TPSA) is 112 Å². The molecule has 324 valence electrons. The molecule has 0 heterocycles. The summed E-state index contributed by atoms with van der Waals surface area (Å²) in [6.07, 6.45) is 47.0. The maximum Gasteiger partial charge on any atom is 0.327 e. The molecule has 0 aliphatic heterocycles. The van der Waals surface area contributed by atoms with Crippen LogP contribution in [-0.2, 0) is 19.2 Å². The van der Waals surface area contributed by atoms with Crippen molar-refractivity contribution in [2.45, 2.75) is 283 Å². The van der Waals surface area contributed by atoms with Gasteiger partial charge >= 0.3 is 11.9 Å². The minimum absolute atomic E-state index is 0.0766. The van der Waals surface area contributed by atoms with Crippen molar-refractivity contribution in [2.24, 2.45) is 0 Å². The zero-order valence-electron chi connectivity index (χ0n) is 36.5. The molecule has 0 unspecified atom stereocenters. The molecule has 2 N–H and O–H groups in total. The Morgan fingerprint density at radius 3 is 0.727 bits per heavy atom. The van der Waals surface area contributed by atoms with Gasteiger partial charge in [-0.25, -0.2) is 4.79 Å². The van der Waals surface area contributed by atoms with E-state index in [1.807, 2.05) is 0 Å². The third-order valence-electron chi connectivity index (χ3n) is 11.5. The molecule has 0 aromatic heterocycles. The Balaban J connectivity index is 4.06. The number of amides is 2. The summed E-state index contributed by atoms with van der Waals surface area (Å²) < 4.78 is 0. The molecule has 0 aliphatic carbocycles. The van der Waals surface area contributed by atoms with Crippen LogP contribution in [0.4, 0.5) is 0 Å². The van der Waals surface area contributed by atoms with Crippen molar-refractivity contribution >= 4 is 23.8 Å². The Bertz CT molecular complexity index is 838. The van der Waals surface area contributed by atoms with E-state index in [0.29, 0.717) is 12.8 Å². The molecule has 0 saturated heterocycles. The van der Waals surface area contributed by atoms with Gasteiger partial charge in [0.1, 0.15) is 6.04 Å². The Morgan fingerprint density at radius 1 is 0.345 bits per heavy atom. The lowest BCUT2D eigenvalue weighted by Crippen LogP contribution is -2.49. The summed E-state index contributed by atoms with van der Waals surface area (Å²) in [5.74, 6) is -3.87. The van der Waals surface area contributed by atoms with E-state index in [0.717, 1.165) is 43.4 Å². The Hall–Kier alpha value is -1.92. The molecule has 0 spiro atoms. The average Bonchev–Trinajstić information content (AvgIpc) is 3.16. The number of aliphatic carboxylic acids is 2. The van der Waals surface area contributed by atoms with E-state index >= 15 is 0 Å². The van der Waals surface area contributed by atoms with Crippen LogP contribution in [0.1, 0.15) is 277 Å². The molecule has 0 aliphatic rings. The quantitative estimate of drug-likeness (QED) is 0.0596. The molecule has 0 fully saturated rings. The fourth-order valence-corrected chi connectivity index (χ4v) is 7.89. The highest BCUT2D eigenvalue weighted by atomic mass is 16.4. The van der Waals surface area contributed by atoms with Gasteiger partial charge in [-0.05, 0) is 12.8 Å². The first-order chi connectivity index (χ1) is 26.8. The predicted octanol–water partition coefficient (Wildman–Crippen LogP) is 14.9. The van der Waals surface area contributed by atoms with Gasteiger partial charge in [0.05, 0.1) is 6.42 Å². The highest BCUT2D eigenvalue weighted by molar-refractivity contribution is 6.00. The molecule has 0 radical (unpaired) electrons. The second kappa shape index (κ2) is 41.7. The van der Waals surface area contributed by atoms with Gasteiger partial charge in [-0.1, -0.05) is 245 Å². The first kappa shape index (κ1) is 53.1. The summed E-state index contributed by atoms with van der Waals surface area (Å²) in [5, 5.41) is 19.1. The van der Waals surface area contributed by atoms with Gasteiger partial charge in [-0.3, -0.25) is 19.3 Å². The molecule has 0 aromatic rings. The first-order valence-corrected chi connectivity index (χ1v) is 24.1. The molecule has 0 saturated carbocycles. The van der Waals surface area contributed by atoms with Gasteiger partial charge < -0.3 is 10.2 Å². The summed E-state index contributed by atoms with van der Waals surface area (Å²) in [4.78, 5) is 50.5. The van der Waals surface area contributed by atoms with Gasteiger partial charge in [0.25, 0.3) is 0 Å². The number of nitrogens with zero attached hydrogens (tertiary/aromatic N) is 1.